The van der Waals surface area contributed by atoms with Gasteiger partial charge in [0, 0.05) is 12.1 Å². The van der Waals surface area contributed by atoms with Crippen LogP contribution in [0.2, 0.25) is 0 Å². The molecule has 0 radical (unpaired) electrons. The topological polar surface area (TPSA) is 58.6 Å². The van der Waals surface area contributed by atoms with E-state index in [1.54, 1.807) is 6.92 Å². The molecule has 0 aromatic heterocycles. The predicted molar refractivity (Wildman–Crippen MR) is 133 cm³/mol. The van der Waals surface area contributed by atoms with Gasteiger partial charge in [-0.3, -0.25) is 0 Å². The van der Waals surface area contributed by atoms with Crippen molar-refractivity contribution in [3.63, 3.8) is 0 Å². The van der Waals surface area contributed by atoms with Crippen molar-refractivity contribution in [2.75, 3.05) is 19.7 Å². The fourth-order valence-corrected chi connectivity index (χ4v) is 3.73. The molecule has 0 fully saturated rings. The van der Waals surface area contributed by atoms with Crippen LogP contribution in [-0.2, 0) is 9.53 Å². The molecule has 31 heavy (non-hydrogen) atoms. The van der Waals surface area contributed by atoms with E-state index >= 15 is 0 Å². The highest BCUT2D eigenvalue weighted by Gasteiger charge is 2.04. The quantitative estimate of drug-likeness (QED) is 0.103. The summed E-state index contributed by atoms with van der Waals surface area (Å²) in [4.78, 5) is 11.2. The Kier molecular flexibility index (Phi) is 21.7. The van der Waals surface area contributed by atoms with Crippen LogP contribution in [0.4, 0.5) is 0 Å². The number of ether oxygens (including phenoxy) is 1. The zero-order valence-corrected chi connectivity index (χ0v) is 21.1. The van der Waals surface area contributed by atoms with Gasteiger partial charge in [0.2, 0.25) is 0 Å². The Bertz CT molecular complexity index is 423. The Morgan fingerprint density at radius 1 is 0.806 bits per heavy atom. The molecule has 0 saturated heterocycles. The first-order valence-electron chi connectivity index (χ1n) is 13.1. The SMILES string of the molecule is C=C(C)C(=O)OCCCNCC(O)CCCCCCCCCCCCCCCC(C)C. The Balaban J connectivity index is 3.21. The summed E-state index contributed by atoms with van der Waals surface area (Å²) >= 11 is 0. The summed E-state index contributed by atoms with van der Waals surface area (Å²) in [7, 11) is 0. The zero-order chi connectivity index (χ0) is 23.2. The molecule has 2 N–H and O–H groups in total. The Hall–Kier alpha value is -0.870. The number of unbranched alkanes of at least 4 members (excludes halogenated alkanes) is 12. The molecule has 4 nitrogen and oxygen atoms in total. The molecule has 0 amide bonds. The van der Waals surface area contributed by atoms with Crippen LogP contribution in [0.15, 0.2) is 12.2 Å². The van der Waals surface area contributed by atoms with Crippen LogP contribution in [0.25, 0.3) is 0 Å². The van der Waals surface area contributed by atoms with Gasteiger partial charge in [0.05, 0.1) is 12.7 Å². The maximum absolute atomic E-state index is 11.2. The molecule has 1 unspecified atom stereocenters. The summed E-state index contributed by atoms with van der Waals surface area (Å²) in [5, 5.41) is 13.3. The van der Waals surface area contributed by atoms with Crippen LogP contribution < -0.4 is 5.32 Å². The fraction of sp³-hybridized carbons (Fsp3) is 0.889. The summed E-state index contributed by atoms with van der Waals surface area (Å²) < 4.78 is 5.03. The van der Waals surface area contributed by atoms with Crippen molar-refractivity contribution in [2.45, 2.75) is 130 Å². The van der Waals surface area contributed by atoms with Crippen molar-refractivity contribution >= 4 is 5.97 Å². The lowest BCUT2D eigenvalue weighted by atomic mass is 10.0. The van der Waals surface area contributed by atoms with Gasteiger partial charge in [0.1, 0.15) is 0 Å². The normalized spacial score (nSPS) is 12.3. The summed E-state index contributed by atoms with van der Waals surface area (Å²) in [6.45, 7) is 11.6. The van der Waals surface area contributed by atoms with Crippen molar-refractivity contribution < 1.29 is 14.6 Å². The summed E-state index contributed by atoms with van der Waals surface area (Å²) in [6, 6.07) is 0. The van der Waals surface area contributed by atoms with Gasteiger partial charge in [-0.1, -0.05) is 110 Å². The highest BCUT2D eigenvalue weighted by molar-refractivity contribution is 5.86. The van der Waals surface area contributed by atoms with Gasteiger partial charge >= 0.3 is 5.97 Å². The maximum atomic E-state index is 11.2. The minimum Gasteiger partial charge on any atom is -0.462 e. The lowest BCUT2D eigenvalue weighted by Crippen LogP contribution is -2.28. The van der Waals surface area contributed by atoms with Crippen molar-refractivity contribution in [3.8, 4) is 0 Å². The number of aliphatic hydroxyl groups is 1. The van der Waals surface area contributed by atoms with Crippen LogP contribution in [-0.4, -0.2) is 36.9 Å². The number of rotatable bonds is 23. The largest absolute Gasteiger partial charge is 0.462 e. The van der Waals surface area contributed by atoms with Gasteiger partial charge in [-0.05, 0) is 32.2 Å². The summed E-state index contributed by atoms with van der Waals surface area (Å²) in [5.74, 6) is 0.535. The third-order valence-electron chi connectivity index (χ3n) is 5.78. The number of hydrogen-bond acceptors (Lipinski definition) is 4. The van der Waals surface area contributed by atoms with E-state index in [2.05, 4.69) is 25.7 Å². The lowest BCUT2D eigenvalue weighted by molar-refractivity contribution is -0.139. The molecule has 0 aliphatic heterocycles. The van der Waals surface area contributed by atoms with Crippen molar-refractivity contribution in [1.82, 2.24) is 5.32 Å². The second kappa shape index (κ2) is 22.3. The smallest absolute Gasteiger partial charge is 0.333 e. The number of nitrogens with one attached hydrogen (secondary N) is 1. The molecule has 0 saturated carbocycles. The van der Waals surface area contributed by atoms with E-state index in [0.29, 0.717) is 18.7 Å². The average Bonchev–Trinajstić information content (AvgIpc) is 2.72. The highest BCUT2D eigenvalue weighted by Crippen LogP contribution is 2.14. The van der Waals surface area contributed by atoms with E-state index in [9.17, 15) is 9.90 Å². The van der Waals surface area contributed by atoms with E-state index in [0.717, 1.165) is 31.7 Å². The third-order valence-corrected chi connectivity index (χ3v) is 5.78. The Morgan fingerprint density at radius 2 is 1.26 bits per heavy atom. The van der Waals surface area contributed by atoms with E-state index in [4.69, 9.17) is 4.74 Å². The van der Waals surface area contributed by atoms with Gasteiger partial charge < -0.3 is 15.2 Å². The molecule has 0 bridgehead atoms. The number of esters is 1. The average molecular weight is 440 g/mol. The number of carbonyl (C=O) groups is 1. The highest BCUT2D eigenvalue weighted by atomic mass is 16.5. The van der Waals surface area contributed by atoms with E-state index in [1.165, 1.54) is 83.5 Å². The molecule has 0 aromatic carbocycles. The molecule has 4 heteroatoms. The second-order valence-electron chi connectivity index (χ2n) is 9.70. The minimum absolute atomic E-state index is 0.275. The van der Waals surface area contributed by atoms with Crippen LogP contribution in [0.5, 0.6) is 0 Å². The number of aliphatic hydroxyl groups excluding tert-OH is 1. The molecular weight excluding hydrogens is 386 g/mol. The molecule has 184 valence electrons. The van der Waals surface area contributed by atoms with E-state index in [-0.39, 0.29) is 12.1 Å². The van der Waals surface area contributed by atoms with Crippen molar-refractivity contribution in [1.29, 1.82) is 0 Å². The molecular formula is C27H53NO3. The number of carbonyl (C=O) groups excluding carboxylic acids is 1. The molecule has 0 aliphatic rings. The molecule has 1 atom stereocenters. The van der Waals surface area contributed by atoms with Crippen molar-refractivity contribution in [2.24, 2.45) is 5.92 Å². The maximum Gasteiger partial charge on any atom is 0.333 e. The molecule has 0 aliphatic carbocycles. The number of hydrogen-bond donors (Lipinski definition) is 2. The first kappa shape index (κ1) is 30.1. The summed E-state index contributed by atoms with van der Waals surface area (Å²) in [6.07, 6.45) is 20.4. The van der Waals surface area contributed by atoms with Crippen LogP contribution in [0.1, 0.15) is 124 Å². The Labute approximate surface area is 193 Å². The Morgan fingerprint density at radius 3 is 1.71 bits per heavy atom. The lowest BCUT2D eigenvalue weighted by Gasteiger charge is -2.12. The molecule has 0 rings (SSSR count). The van der Waals surface area contributed by atoms with Gasteiger partial charge in [0.25, 0.3) is 0 Å². The monoisotopic (exact) mass is 439 g/mol. The zero-order valence-electron chi connectivity index (χ0n) is 21.1. The second-order valence-corrected chi connectivity index (χ2v) is 9.70. The van der Waals surface area contributed by atoms with Crippen LogP contribution in [0.3, 0.4) is 0 Å². The van der Waals surface area contributed by atoms with Gasteiger partial charge in [0.15, 0.2) is 0 Å². The fourth-order valence-electron chi connectivity index (χ4n) is 3.73. The molecule has 0 heterocycles. The minimum atomic E-state index is -0.331. The predicted octanol–water partition coefficient (Wildman–Crippen LogP) is 6.95. The van der Waals surface area contributed by atoms with Crippen LogP contribution in [0, 0.1) is 5.92 Å². The third kappa shape index (κ3) is 23.6. The van der Waals surface area contributed by atoms with E-state index in [1.807, 2.05) is 0 Å². The van der Waals surface area contributed by atoms with Crippen LogP contribution >= 0.6 is 0 Å². The molecule has 0 spiro atoms. The first-order chi connectivity index (χ1) is 14.9. The van der Waals surface area contributed by atoms with Gasteiger partial charge in [-0.25, -0.2) is 4.79 Å². The van der Waals surface area contributed by atoms with Crippen molar-refractivity contribution in [3.05, 3.63) is 12.2 Å². The van der Waals surface area contributed by atoms with Gasteiger partial charge in [-0.15, -0.1) is 0 Å². The standard InChI is InChI=1S/C27H53NO3/c1-24(2)19-16-14-12-10-8-6-5-7-9-11-13-15-17-20-26(29)23-28-21-18-22-31-27(30)25(3)4/h24,26,28-29H,3,5-23H2,1-2,4H3. The van der Waals surface area contributed by atoms with Gasteiger partial charge in [-0.2, -0.15) is 0 Å². The summed E-state index contributed by atoms with van der Waals surface area (Å²) in [5.41, 5.74) is 0.432. The first-order valence-corrected chi connectivity index (χ1v) is 13.1. The molecule has 0 aromatic rings. The van der Waals surface area contributed by atoms with E-state index < -0.39 is 0 Å².